The van der Waals surface area contributed by atoms with Gasteiger partial charge in [-0.05, 0) is 30.6 Å². The molecule has 0 heterocycles. The number of hydrogen-bond donors (Lipinski definition) is 1. The van der Waals surface area contributed by atoms with E-state index in [4.69, 9.17) is 5.73 Å². The van der Waals surface area contributed by atoms with Crippen molar-refractivity contribution in [2.75, 3.05) is 0 Å². The Labute approximate surface area is 102 Å². The zero-order valence-electron chi connectivity index (χ0n) is 11.5. The van der Waals surface area contributed by atoms with E-state index in [9.17, 15) is 0 Å². The van der Waals surface area contributed by atoms with Crippen LogP contribution < -0.4 is 5.73 Å². The fraction of sp³-hybridized carbons (Fsp3) is 1.00. The average Bonchev–Trinajstić information content (AvgIpc) is 2.70. The van der Waals surface area contributed by atoms with E-state index in [0.717, 1.165) is 17.8 Å². The van der Waals surface area contributed by atoms with Crippen molar-refractivity contribution in [2.24, 2.45) is 23.5 Å². The fourth-order valence-electron chi connectivity index (χ4n) is 3.35. The van der Waals surface area contributed by atoms with Crippen LogP contribution in [0.15, 0.2) is 0 Å². The molecule has 0 amide bonds. The molecule has 1 aliphatic rings. The van der Waals surface area contributed by atoms with Gasteiger partial charge in [-0.25, -0.2) is 0 Å². The molecule has 1 rings (SSSR count). The normalized spacial score (nSPS) is 29.2. The van der Waals surface area contributed by atoms with Crippen LogP contribution in [0.2, 0.25) is 0 Å². The summed E-state index contributed by atoms with van der Waals surface area (Å²) in [5.41, 5.74) is 6.42. The maximum absolute atomic E-state index is 6.42. The third-order valence-electron chi connectivity index (χ3n) is 4.63. The Morgan fingerprint density at radius 1 is 1.25 bits per heavy atom. The molecule has 0 aromatic carbocycles. The summed E-state index contributed by atoms with van der Waals surface area (Å²) in [7, 11) is 0. The highest BCUT2D eigenvalue weighted by Crippen LogP contribution is 2.35. The van der Waals surface area contributed by atoms with Crippen molar-refractivity contribution in [2.45, 2.75) is 78.2 Å². The molecule has 1 nitrogen and oxygen atoms in total. The van der Waals surface area contributed by atoms with Gasteiger partial charge in [0.25, 0.3) is 0 Å². The molecule has 1 heteroatoms. The fourth-order valence-corrected chi connectivity index (χ4v) is 3.35. The highest BCUT2D eigenvalue weighted by atomic mass is 14.7. The average molecular weight is 225 g/mol. The van der Waals surface area contributed by atoms with Crippen molar-refractivity contribution < 1.29 is 0 Å². The monoisotopic (exact) mass is 225 g/mol. The van der Waals surface area contributed by atoms with Crippen molar-refractivity contribution in [1.29, 1.82) is 0 Å². The van der Waals surface area contributed by atoms with Crippen LogP contribution in [-0.2, 0) is 0 Å². The predicted octanol–water partition coefficient (Wildman–Crippen LogP) is 4.36. The van der Waals surface area contributed by atoms with Gasteiger partial charge in [0.1, 0.15) is 0 Å². The second kappa shape index (κ2) is 7.32. The first-order valence-corrected chi connectivity index (χ1v) is 7.44. The van der Waals surface area contributed by atoms with Gasteiger partial charge in [-0.1, -0.05) is 59.3 Å². The summed E-state index contributed by atoms with van der Waals surface area (Å²) in [6.45, 7) is 7.00. The molecule has 4 atom stereocenters. The molecule has 0 aromatic rings. The Kier molecular flexibility index (Phi) is 6.41. The molecular weight excluding hydrogens is 194 g/mol. The van der Waals surface area contributed by atoms with Crippen molar-refractivity contribution in [3.8, 4) is 0 Å². The first-order chi connectivity index (χ1) is 7.69. The summed E-state index contributed by atoms with van der Waals surface area (Å²) >= 11 is 0. The summed E-state index contributed by atoms with van der Waals surface area (Å²) in [5, 5.41) is 0. The summed E-state index contributed by atoms with van der Waals surface area (Å²) in [6, 6.07) is 0.472. The first-order valence-electron chi connectivity index (χ1n) is 7.44. The van der Waals surface area contributed by atoms with Crippen LogP contribution in [0.5, 0.6) is 0 Å². The van der Waals surface area contributed by atoms with Gasteiger partial charge in [-0.3, -0.25) is 0 Å². The molecule has 1 aliphatic carbocycles. The van der Waals surface area contributed by atoms with Crippen LogP contribution in [0, 0.1) is 17.8 Å². The zero-order valence-corrected chi connectivity index (χ0v) is 11.5. The van der Waals surface area contributed by atoms with E-state index in [1.807, 2.05) is 0 Å². The van der Waals surface area contributed by atoms with Gasteiger partial charge in [0.2, 0.25) is 0 Å². The molecule has 2 N–H and O–H groups in total. The molecule has 0 bridgehead atoms. The lowest BCUT2D eigenvalue weighted by Gasteiger charge is -2.27. The van der Waals surface area contributed by atoms with Gasteiger partial charge in [0, 0.05) is 6.04 Å². The molecule has 0 aliphatic heterocycles. The lowest BCUT2D eigenvalue weighted by Crippen LogP contribution is -2.33. The van der Waals surface area contributed by atoms with Crippen LogP contribution in [0.25, 0.3) is 0 Å². The van der Waals surface area contributed by atoms with Gasteiger partial charge in [-0.15, -0.1) is 0 Å². The molecule has 0 radical (unpaired) electrons. The minimum absolute atomic E-state index is 0.472. The Morgan fingerprint density at radius 2 is 2.00 bits per heavy atom. The minimum atomic E-state index is 0.472. The maximum atomic E-state index is 6.42. The van der Waals surface area contributed by atoms with Gasteiger partial charge in [0.15, 0.2) is 0 Å². The quantitative estimate of drug-likeness (QED) is 0.684. The van der Waals surface area contributed by atoms with Crippen molar-refractivity contribution >= 4 is 0 Å². The smallest absolute Gasteiger partial charge is 0.00723 e. The Morgan fingerprint density at radius 3 is 2.50 bits per heavy atom. The molecule has 96 valence electrons. The number of rotatable bonds is 7. The van der Waals surface area contributed by atoms with Crippen molar-refractivity contribution in [1.82, 2.24) is 0 Å². The Hall–Kier alpha value is -0.0400. The summed E-state index contributed by atoms with van der Waals surface area (Å²) < 4.78 is 0. The Bertz CT molecular complexity index is 178. The molecule has 16 heavy (non-hydrogen) atoms. The van der Waals surface area contributed by atoms with E-state index in [1.54, 1.807) is 0 Å². The molecule has 0 aromatic heterocycles. The SMILES string of the molecule is CCCCC(CC)CC(N)C1CCCC1C. The summed E-state index contributed by atoms with van der Waals surface area (Å²) in [5.74, 6) is 2.57. The predicted molar refractivity (Wildman–Crippen MR) is 72.4 cm³/mol. The second-order valence-corrected chi connectivity index (χ2v) is 5.89. The summed E-state index contributed by atoms with van der Waals surface area (Å²) in [4.78, 5) is 0. The van der Waals surface area contributed by atoms with Crippen molar-refractivity contribution in [3.05, 3.63) is 0 Å². The second-order valence-electron chi connectivity index (χ2n) is 5.89. The van der Waals surface area contributed by atoms with Gasteiger partial charge in [0.05, 0.1) is 0 Å². The van der Waals surface area contributed by atoms with E-state index in [0.29, 0.717) is 6.04 Å². The number of hydrogen-bond acceptors (Lipinski definition) is 1. The van der Waals surface area contributed by atoms with E-state index in [1.165, 1.54) is 51.4 Å². The lowest BCUT2D eigenvalue weighted by molar-refractivity contribution is 0.281. The van der Waals surface area contributed by atoms with Crippen LogP contribution in [0.1, 0.15) is 72.1 Å². The molecule has 4 unspecified atom stereocenters. The van der Waals surface area contributed by atoms with Crippen LogP contribution in [-0.4, -0.2) is 6.04 Å². The van der Waals surface area contributed by atoms with E-state index in [2.05, 4.69) is 20.8 Å². The molecule has 1 fully saturated rings. The van der Waals surface area contributed by atoms with Gasteiger partial charge in [-0.2, -0.15) is 0 Å². The minimum Gasteiger partial charge on any atom is -0.327 e. The van der Waals surface area contributed by atoms with Crippen LogP contribution in [0.4, 0.5) is 0 Å². The molecular formula is C15H31N. The highest BCUT2D eigenvalue weighted by Gasteiger charge is 2.29. The summed E-state index contributed by atoms with van der Waals surface area (Å²) in [6.07, 6.45) is 10.9. The van der Waals surface area contributed by atoms with E-state index >= 15 is 0 Å². The van der Waals surface area contributed by atoms with Gasteiger partial charge >= 0.3 is 0 Å². The third kappa shape index (κ3) is 4.08. The lowest BCUT2D eigenvalue weighted by atomic mass is 9.83. The topological polar surface area (TPSA) is 26.0 Å². The van der Waals surface area contributed by atoms with Crippen LogP contribution >= 0.6 is 0 Å². The molecule has 0 saturated heterocycles. The third-order valence-corrected chi connectivity index (χ3v) is 4.63. The number of unbranched alkanes of at least 4 members (excludes halogenated alkanes) is 1. The standard InChI is InChI=1S/C15H31N/c1-4-6-9-13(5-2)11-15(16)14-10-7-8-12(14)3/h12-15H,4-11,16H2,1-3H3. The van der Waals surface area contributed by atoms with E-state index in [-0.39, 0.29) is 0 Å². The zero-order chi connectivity index (χ0) is 12.0. The van der Waals surface area contributed by atoms with Crippen LogP contribution in [0.3, 0.4) is 0 Å². The first kappa shape index (κ1) is 14.0. The highest BCUT2D eigenvalue weighted by molar-refractivity contribution is 4.84. The maximum Gasteiger partial charge on any atom is 0.00723 e. The van der Waals surface area contributed by atoms with Crippen molar-refractivity contribution in [3.63, 3.8) is 0 Å². The Balaban J connectivity index is 2.32. The van der Waals surface area contributed by atoms with E-state index < -0.39 is 0 Å². The van der Waals surface area contributed by atoms with Gasteiger partial charge < -0.3 is 5.73 Å². The number of nitrogens with two attached hydrogens (primary N) is 1. The molecule has 0 spiro atoms. The molecule has 1 saturated carbocycles. The largest absolute Gasteiger partial charge is 0.327 e.